The van der Waals surface area contributed by atoms with E-state index >= 15 is 0 Å². The number of rotatable bonds is 54. The van der Waals surface area contributed by atoms with E-state index in [2.05, 4.69) is 135 Å². The number of aliphatic carboxylic acids is 1. The van der Waals surface area contributed by atoms with Gasteiger partial charge in [-0.25, -0.2) is 0 Å². The summed E-state index contributed by atoms with van der Waals surface area (Å²) in [5.74, 6) is -2.32. The minimum absolute atomic E-state index is 0.138. The number of quaternary nitrogens is 1. The van der Waals surface area contributed by atoms with Crippen LogP contribution in [-0.2, 0) is 33.3 Å². The maximum Gasteiger partial charge on any atom is 0.306 e. The van der Waals surface area contributed by atoms with Gasteiger partial charge in [0.1, 0.15) is 13.2 Å². The fourth-order valence-electron chi connectivity index (χ4n) is 7.82. The highest BCUT2D eigenvalue weighted by molar-refractivity contribution is 5.70. The van der Waals surface area contributed by atoms with Gasteiger partial charge in [0.05, 0.1) is 40.3 Å². The zero-order chi connectivity index (χ0) is 55.5. The predicted octanol–water partition coefficient (Wildman–Crippen LogP) is 16.7. The molecule has 0 N–H and O–H groups in total. The number of carboxylic acid groups (broad SMARTS) is 1. The van der Waals surface area contributed by atoms with Crippen LogP contribution in [0.3, 0.4) is 0 Å². The number of hydrogen-bond acceptors (Lipinski definition) is 8. The third kappa shape index (κ3) is 57.4. The molecule has 0 aromatic carbocycles. The Bertz CT molecular complexity index is 1660. The monoisotopic (exact) mass is 1060 g/mol. The van der Waals surface area contributed by atoms with Crippen LogP contribution in [0.2, 0.25) is 0 Å². The topological polar surface area (TPSA) is 111 Å². The van der Waals surface area contributed by atoms with Crippen molar-refractivity contribution in [1.82, 2.24) is 0 Å². The number of carbonyl (C=O) groups is 3. The zero-order valence-electron chi connectivity index (χ0n) is 49.1. The number of esters is 2. The Labute approximate surface area is 466 Å². The number of carbonyl (C=O) groups excluding carboxylic acids is 3. The maximum atomic E-state index is 12.9. The summed E-state index contributed by atoms with van der Waals surface area (Å²) in [5.41, 5.74) is 0. The van der Waals surface area contributed by atoms with Gasteiger partial charge in [-0.1, -0.05) is 225 Å². The molecule has 0 aliphatic rings. The van der Waals surface area contributed by atoms with Gasteiger partial charge in [-0.2, -0.15) is 0 Å². The van der Waals surface area contributed by atoms with Crippen LogP contribution in [0.25, 0.3) is 0 Å². The molecule has 0 bridgehead atoms. The van der Waals surface area contributed by atoms with E-state index in [4.69, 9.17) is 18.9 Å². The van der Waals surface area contributed by atoms with E-state index in [0.717, 1.165) is 122 Å². The number of ether oxygens (including phenoxy) is 4. The van der Waals surface area contributed by atoms with E-state index < -0.39 is 24.3 Å². The highest BCUT2D eigenvalue weighted by Crippen LogP contribution is 2.14. The quantitative estimate of drug-likeness (QED) is 0.0195. The highest BCUT2D eigenvalue weighted by Gasteiger charge is 2.22. The molecule has 2 unspecified atom stereocenters. The van der Waals surface area contributed by atoms with Gasteiger partial charge in [0.25, 0.3) is 0 Å². The number of carboxylic acids is 1. The van der Waals surface area contributed by atoms with Crippen LogP contribution in [0.4, 0.5) is 0 Å². The lowest BCUT2D eigenvalue weighted by atomic mass is 10.1. The molecule has 0 spiro atoms. The van der Waals surface area contributed by atoms with Crippen LogP contribution in [0.5, 0.6) is 0 Å². The second-order valence-electron chi connectivity index (χ2n) is 20.9. The van der Waals surface area contributed by atoms with E-state index in [9.17, 15) is 19.5 Å². The van der Waals surface area contributed by atoms with Gasteiger partial charge in [-0.15, -0.1) is 0 Å². The normalized spacial score (nSPS) is 13.6. The molecule has 0 amide bonds. The van der Waals surface area contributed by atoms with Gasteiger partial charge in [0, 0.05) is 12.8 Å². The lowest BCUT2D eigenvalue weighted by Crippen LogP contribution is -2.44. The minimum Gasteiger partial charge on any atom is -0.545 e. The molecule has 0 rings (SSSR count). The molecular formula is C67H111NO8. The summed E-state index contributed by atoms with van der Waals surface area (Å²) in [6.07, 6.45) is 76.8. The minimum atomic E-state index is -1.63. The van der Waals surface area contributed by atoms with Crippen molar-refractivity contribution >= 4 is 17.9 Å². The smallest absolute Gasteiger partial charge is 0.306 e. The van der Waals surface area contributed by atoms with Crippen molar-refractivity contribution in [2.75, 3.05) is 47.5 Å². The van der Waals surface area contributed by atoms with E-state index in [0.29, 0.717) is 17.4 Å². The van der Waals surface area contributed by atoms with Crippen molar-refractivity contribution in [3.8, 4) is 0 Å². The highest BCUT2D eigenvalue weighted by atomic mass is 16.7. The third-order valence-corrected chi connectivity index (χ3v) is 12.4. The molecule has 9 heteroatoms. The molecule has 0 aromatic heterocycles. The number of hydrogen-bond donors (Lipinski definition) is 0. The summed E-state index contributed by atoms with van der Waals surface area (Å²) in [7, 11) is 5.91. The Kier molecular flexibility index (Phi) is 53.7. The molecule has 432 valence electrons. The molecule has 2 atom stereocenters. The summed E-state index contributed by atoms with van der Waals surface area (Å²) in [6, 6.07) is 0. The van der Waals surface area contributed by atoms with Crippen molar-refractivity contribution in [1.29, 1.82) is 0 Å². The van der Waals surface area contributed by atoms with E-state index in [1.807, 2.05) is 21.1 Å². The van der Waals surface area contributed by atoms with Gasteiger partial charge < -0.3 is 33.3 Å². The standard InChI is InChI=1S/C67H111NO8/c1-6-8-10-12-14-16-18-20-22-24-25-26-27-28-29-30-31-32-33-34-35-36-37-38-39-40-41-42-44-46-48-50-52-54-56-58-65(70)76-63(62-75-67(66(71)72)73-60-59-68(3,4)5)61-74-64(69)57-55-53-51-49-47-45-43-23-21-19-17-15-13-11-9-7-2/h8,10,14,16,20,22-23,25-26,28-29,31-32,34-35,37-38,40-41,43,63,67H,6-7,9,11-13,15,17-19,21,24,27,30,33,36,39,42,44-62H2,1-5H3/b10-8-,16-14-,22-20-,26-25-,29-28-,32-31-,35-34-,38-37-,41-40-,43-23-. The molecule has 0 aromatic rings. The first-order valence-corrected chi connectivity index (χ1v) is 30.2. The molecular weight excluding hydrogens is 947 g/mol. The largest absolute Gasteiger partial charge is 0.545 e. The van der Waals surface area contributed by atoms with Crippen LogP contribution in [0.1, 0.15) is 226 Å². The van der Waals surface area contributed by atoms with Crippen molar-refractivity contribution in [3.63, 3.8) is 0 Å². The number of unbranched alkanes of at least 4 members (excludes halogenated alkanes) is 19. The molecule has 0 saturated carbocycles. The summed E-state index contributed by atoms with van der Waals surface area (Å²) >= 11 is 0. The average molecular weight is 1060 g/mol. The first kappa shape index (κ1) is 71.7. The van der Waals surface area contributed by atoms with Crippen LogP contribution >= 0.6 is 0 Å². The average Bonchev–Trinajstić information content (AvgIpc) is 3.39. The Balaban J connectivity index is 4.25. The maximum absolute atomic E-state index is 12.9. The second kappa shape index (κ2) is 56.9. The van der Waals surface area contributed by atoms with Gasteiger partial charge in [0.15, 0.2) is 12.4 Å². The number of likely N-dealkylation sites (N-methyl/N-ethyl adjacent to an activating group) is 1. The lowest BCUT2D eigenvalue weighted by molar-refractivity contribution is -0.870. The van der Waals surface area contributed by atoms with Gasteiger partial charge >= 0.3 is 11.9 Å². The Morgan fingerprint density at radius 3 is 1.13 bits per heavy atom. The molecule has 0 radical (unpaired) electrons. The Morgan fingerprint density at radius 1 is 0.408 bits per heavy atom. The summed E-state index contributed by atoms with van der Waals surface area (Å²) in [6.45, 7) is 4.59. The zero-order valence-corrected chi connectivity index (χ0v) is 49.1. The van der Waals surface area contributed by atoms with Crippen molar-refractivity contribution in [3.05, 3.63) is 122 Å². The molecule has 0 heterocycles. The SMILES string of the molecule is CC/C=C\C/C=C\C/C=C\C/C=C\C/C=C\C/C=C\C/C=C\C/C=C\C/C=C\CCCCCCCCCC(=O)OC(COC(=O)CCCCCCC/C=C\CCCCCCCCC)COC(OCC[N+](C)(C)C)C(=O)[O-]. The molecule has 76 heavy (non-hydrogen) atoms. The van der Waals surface area contributed by atoms with E-state index in [1.54, 1.807) is 0 Å². The van der Waals surface area contributed by atoms with Crippen molar-refractivity contribution < 1.29 is 42.9 Å². The molecule has 0 fully saturated rings. The summed E-state index contributed by atoms with van der Waals surface area (Å²) in [4.78, 5) is 37.3. The Hall–Kier alpha value is -4.31. The van der Waals surface area contributed by atoms with Gasteiger partial charge in [-0.05, 0) is 109 Å². The van der Waals surface area contributed by atoms with Crippen molar-refractivity contribution in [2.45, 2.75) is 238 Å². The van der Waals surface area contributed by atoms with Crippen LogP contribution in [-0.4, -0.2) is 82.3 Å². The van der Waals surface area contributed by atoms with Crippen LogP contribution in [0, 0.1) is 0 Å². The summed E-state index contributed by atoms with van der Waals surface area (Å²) in [5, 5.41) is 11.8. The first-order chi connectivity index (χ1) is 37.1. The van der Waals surface area contributed by atoms with E-state index in [-0.39, 0.29) is 38.6 Å². The van der Waals surface area contributed by atoms with Crippen LogP contribution < -0.4 is 5.11 Å². The van der Waals surface area contributed by atoms with Gasteiger partial charge in [0.2, 0.25) is 0 Å². The fourth-order valence-corrected chi connectivity index (χ4v) is 7.82. The molecule has 0 saturated heterocycles. The van der Waals surface area contributed by atoms with Crippen LogP contribution in [0.15, 0.2) is 122 Å². The second-order valence-corrected chi connectivity index (χ2v) is 20.9. The van der Waals surface area contributed by atoms with Gasteiger partial charge in [-0.3, -0.25) is 9.59 Å². The van der Waals surface area contributed by atoms with E-state index in [1.165, 1.54) is 70.6 Å². The number of allylic oxidation sites excluding steroid dienone is 20. The van der Waals surface area contributed by atoms with Crippen molar-refractivity contribution in [2.24, 2.45) is 0 Å². The number of nitrogens with zero attached hydrogens (tertiary/aromatic N) is 1. The lowest BCUT2D eigenvalue weighted by Gasteiger charge is -2.26. The molecule has 0 aliphatic heterocycles. The Morgan fingerprint density at radius 2 is 0.750 bits per heavy atom. The first-order valence-electron chi connectivity index (χ1n) is 30.2. The fraction of sp³-hybridized carbons (Fsp3) is 0.657. The molecule has 0 aliphatic carbocycles. The third-order valence-electron chi connectivity index (χ3n) is 12.4. The summed E-state index contributed by atoms with van der Waals surface area (Å²) < 4.78 is 22.7. The molecule has 9 nitrogen and oxygen atoms in total. The predicted molar refractivity (Wildman–Crippen MR) is 320 cm³/mol.